The lowest BCUT2D eigenvalue weighted by Gasteiger charge is -2.27. The molecule has 0 aliphatic carbocycles. The SMILES string of the molecule is Cn1cc2cc(-c3ccc4ccc([C@@H](O)C5CCOCC5)cc4n3)cnc2n1. The Morgan fingerprint density at radius 1 is 1.11 bits per heavy atom. The molecular formula is C22H22N4O2. The van der Waals surface area contributed by atoms with Crippen LogP contribution in [0.1, 0.15) is 24.5 Å². The number of rotatable bonds is 3. The molecule has 1 aliphatic rings. The highest BCUT2D eigenvalue weighted by Gasteiger charge is 2.23. The second-order valence-corrected chi connectivity index (χ2v) is 7.48. The fourth-order valence-corrected chi connectivity index (χ4v) is 3.96. The molecule has 0 amide bonds. The zero-order valence-electron chi connectivity index (χ0n) is 15.7. The first-order valence-electron chi connectivity index (χ1n) is 9.64. The summed E-state index contributed by atoms with van der Waals surface area (Å²) in [7, 11) is 1.89. The largest absolute Gasteiger partial charge is 0.388 e. The smallest absolute Gasteiger partial charge is 0.181 e. The molecule has 1 aliphatic heterocycles. The van der Waals surface area contributed by atoms with Gasteiger partial charge in [0.25, 0.3) is 0 Å². The molecule has 1 aromatic carbocycles. The molecule has 4 heterocycles. The number of aliphatic hydroxyl groups is 1. The number of hydrogen-bond acceptors (Lipinski definition) is 5. The van der Waals surface area contributed by atoms with Crippen LogP contribution in [0.2, 0.25) is 0 Å². The molecule has 0 unspecified atom stereocenters. The van der Waals surface area contributed by atoms with E-state index in [1.807, 2.05) is 43.7 Å². The van der Waals surface area contributed by atoms with Crippen molar-refractivity contribution in [3.63, 3.8) is 0 Å². The standard InChI is InChI=1S/C22H22N4O2/c1-26-13-18-10-17(12-23-22(18)25-26)19-5-4-14-2-3-16(11-20(14)24-19)21(27)15-6-8-28-9-7-15/h2-5,10-13,15,21,27H,6-9H2,1H3/t21-/m0/s1. The average molecular weight is 374 g/mol. The van der Waals surface area contributed by atoms with E-state index in [1.54, 1.807) is 4.68 Å². The molecule has 1 fully saturated rings. The van der Waals surface area contributed by atoms with Crippen LogP contribution >= 0.6 is 0 Å². The van der Waals surface area contributed by atoms with Crippen molar-refractivity contribution in [3.05, 3.63) is 54.4 Å². The van der Waals surface area contributed by atoms with E-state index in [1.165, 1.54) is 0 Å². The van der Waals surface area contributed by atoms with Gasteiger partial charge in [-0.3, -0.25) is 4.68 Å². The Morgan fingerprint density at radius 2 is 1.93 bits per heavy atom. The van der Waals surface area contributed by atoms with E-state index in [9.17, 15) is 5.11 Å². The minimum absolute atomic E-state index is 0.242. The monoisotopic (exact) mass is 374 g/mol. The Balaban J connectivity index is 1.51. The summed E-state index contributed by atoms with van der Waals surface area (Å²) < 4.78 is 7.18. The van der Waals surface area contributed by atoms with Crippen molar-refractivity contribution in [2.45, 2.75) is 18.9 Å². The van der Waals surface area contributed by atoms with Crippen LogP contribution in [0.4, 0.5) is 0 Å². The summed E-state index contributed by atoms with van der Waals surface area (Å²) in [5, 5.41) is 17.2. The molecule has 5 rings (SSSR count). The Kier molecular flexibility index (Phi) is 4.30. The molecule has 0 radical (unpaired) electrons. The third-order valence-corrected chi connectivity index (χ3v) is 5.54. The molecule has 1 N–H and O–H groups in total. The van der Waals surface area contributed by atoms with Gasteiger partial charge in [-0.1, -0.05) is 18.2 Å². The van der Waals surface area contributed by atoms with Crippen LogP contribution in [0.5, 0.6) is 0 Å². The predicted molar refractivity (Wildman–Crippen MR) is 108 cm³/mol. The van der Waals surface area contributed by atoms with E-state index >= 15 is 0 Å². The van der Waals surface area contributed by atoms with Gasteiger partial charge in [-0.15, -0.1) is 0 Å². The van der Waals surface area contributed by atoms with Crippen LogP contribution in [-0.4, -0.2) is 38.1 Å². The highest BCUT2D eigenvalue weighted by atomic mass is 16.5. The number of hydrogen-bond donors (Lipinski definition) is 1. The second-order valence-electron chi connectivity index (χ2n) is 7.48. The van der Waals surface area contributed by atoms with E-state index in [0.717, 1.165) is 64.8 Å². The topological polar surface area (TPSA) is 73.1 Å². The molecule has 1 atom stereocenters. The maximum atomic E-state index is 10.8. The zero-order valence-corrected chi connectivity index (χ0v) is 15.7. The van der Waals surface area contributed by atoms with E-state index in [-0.39, 0.29) is 5.92 Å². The Labute approximate surface area is 162 Å². The van der Waals surface area contributed by atoms with Crippen molar-refractivity contribution in [2.75, 3.05) is 13.2 Å². The van der Waals surface area contributed by atoms with E-state index in [0.29, 0.717) is 0 Å². The summed E-state index contributed by atoms with van der Waals surface area (Å²) in [5.41, 5.74) is 4.35. The van der Waals surface area contributed by atoms with Crippen molar-refractivity contribution >= 4 is 21.9 Å². The minimum Gasteiger partial charge on any atom is -0.388 e. The summed E-state index contributed by atoms with van der Waals surface area (Å²) in [5.74, 6) is 0.242. The molecule has 1 saturated heterocycles. The van der Waals surface area contributed by atoms with Gasteiger partial charge in [0.2, 0.25) is 0 Å². The number of ether oxygens (including phenoxy) is 1. The van der Waals surface area contributed by atoms with Crippen LogP contribution in [0.15, 0.2) is 48.8 Å². The van der Waals surface area contributed by atoms with Crippen molar-refractivity contribution in [3.8, 4) is 11.3 Å². The van der Waals surface area contributed by atoms with Gasteiger partial charge in [-0.25, -0.2) is 9.97 Å². The number of aromatic nitrogens is 4. The number of nitrogens with zero attached hydrogens (tertiary/aromatic N) is 4. The third kappa shape index (κ3) is 3.15. The third-order valence-electron chi connectivity index (χ3n) is 5.54. The summed E-state index contributed by atoms with van der Waals surface area (Å²) in [6.07, 6.45) is 5.07. The Hall–Kier alpha value is -2.83. The summed E-state index contributed by atoms with van der Waals surface area (Å²) >= 11 is 0. The Bertz CT molecular complexity index is 1150. The van der Waals surface area contributed by atoms with Gasteiger partial charge < -0.3 is 9.84 Å². The average Bonchev–Trinajstić information content (AvgIpc) is 3.12. The molecule has 142 valence electrons. The van der Waals surface area contributed by atoms with Gasteiger partial charge in [-0.2, -0.15) is 5.10 Å². The first-order chi connectivity index (χ1) is 13.7. The fourth-order valence-electron chi connectivity index (χ4n) is 3.96. The van der Waals surface area contributed by atoms with Crippen LogP contribution in [0.3, 0.4) is 0 Å². The van der Waals surface area contributed by atoms with Crippen LogP contribution in [-0.2, 0) is 11.8 Å². The molecule has 6 nitrogen and oxygen atoms in total. The lowest BCUT2D eigenvalue weighted by Crippen LogP contribution is -2.21. The number of pyridine rings is 2. The van der Waals surface area contributed by atoms with Crippen LogP contribution in [0, 0.1) is 5.92 Å². The normalized spacial score (nSPS) is 16.6. The van der Waals surface area contributed by atoms with Gasteiger partial charge >= 0.3 is 0 Å². The molecule has 6 heteroatoms. The van der Waals surface area contributed by atoms with Gasteiger partial charge in [0, 0.05) is 49.0 Å². The number of fused-ring (bicyclic) bond motifs is 2. The van der Waals surface area contributed by atoms with E-state index < -0.39 is 6.10 Å². The number of benzene rings is 1. The first kappa shape index (κ1) is 17.3. The second kappa shape index (κ2) is 6.96. The summed E-state index contributed by atoms with van der Waals surface area (Å²) in [6.45, 7) is 1.45. The van der Waals surface area contributed by atoms with Gasteiger partial charge in [0.1, 0.15) is 0 Å². The van der Waals surface area contributed by atoms with Crippen molar-refractivity contribution in [2.24, 2.45) is 13.0 Å². The van der Waals surface area contributed by atoms with Crippen molar-refractivity contribution in [1.82, 2.24) is 19.7 Å². The highest BCUT2D eigenvalue weighted by Crippen LogP contribution is 2.32. The van der Waals surface area contributed by atoms with Crippen molar-refractivity contribution in [1.29, 1.82) is 0 Å². The van der Waals surface area contributed by atoms with Crippen molar-refractivity contribution < 1.29 is 9.84 Å². The maximum absolute atomic E-state index is 10.8. The molecule has 28 heavy (non-hydrogen) atoms. The van der Waals surface area contributed by atoms with E-state index in [2.05, 4.69) is 22.2 Å². The number of aliphatic hydroxyl groups excluding tert-OH is 1. The van der Waals surface area contributed by atoms with Crippen LogP contribution in [0.25, 0.3) is 33.2 Å². The summed E-state index contributed by atoms with van der Waals surface area (Å²) in [6, 6.07) is 12.2. The van der Waals surface area contributed by atoms with Gasteiger partial charge in [-0.05, 0) is 42.5 Å². The quantitative estimate of drug-likeness (QED) is 0.593. The van der Waals surface area contributed by atoms with Gasteiger partial charge in [0.05, 0.1) is 17.3 Å². The summed E-state index contributed by atoms with van der Waals surface area (Å²) in [4.78, 5) is 9.29. The van der Waals surface area contributed by atoms with Gasteiger partial charge in [0.15, 0.2) is 5.65 Å². The lowest BCUT2D eigenvalue weighted by atomic mass is 9.89. The molecule has 0 spiro atoms. The minimum atomic E-state index is -0.479. The zero-order chi connectivity index (χ0) is 19.1. The first-order valence-corrected chi connectivity index (χ1v) is 9.64. The fraction of sp³-hybridized carbons (Fsp3) is 0.318. The highest BCUT2D eigenvalue weighted by molar-refractivity contribution is 5.84. The molecule has 4 aromatic rings. The molecular weight excluding hydrogens is 352 g/mol. The lowest BCUT2D eigenvalue weighted by molar-refractivity contribution is 0.00723. The Morgan fingerprint density at radius 3 is 2.79 bits per heavy atom. The maximum Gasteiger partial charge on any atom is 0.181 e. The number of aryl methyl sites for hydroxylation is 1. The molecule has 0 bridgehead atoms. The molecule has 3 aromatic heterocycles. The predicted octanol–water partition coefficient (Wildman–Crippen LogP) is 3.64. The molecule has 0 saturated carbocycles. The van der Waals surface area contributed by atoms with Crippen LogP contribution < -0.4 is 0 Å². The van der Waals surface area contributed by atoms with E-state index in [4.69, 9.17) is 9.72 Å².